The number of methoxy groups -OCH3 is 1. The topological polar surface area (TPSA) is 101 Å². The third-order valence-corrected chi connectivity index (χ3v) is 3.96. The van der Waals surface area contributed by atoms with Gasteiger partial charge in [-0.15, -0.1) is 0 Å². The molecule has 0 saturated carbocycles. The monoisotopic (exact) mass is 295 g/mol. The molecule has 0 amide bonds. The lowest BCUT2D eigenvalue weighted by Gasteiger charge is -2.10. The van der Waals surface area contributed by atoms with Crippen molar-refractivity contribution >= 4 is 21.7 Å². The van der Waals surface area contributed by atoms with Crippen LogP contribution < -0.4 is 4.72 Å². The quantitative estimate of drug-likeness (QED) is 0.828. The number of imidazole rings is 1. The molecule has 2 rings (SSSR count). The molecule has 0 atom stereocenters. The number of carbonyl (C=O) groups excluding carboxylic acids is 1. The maximum absolute atomic E-state index is 12.1. The van der Waals surface area contributed by atoms with Crippen LogP contribution >= 0.6 is 0 Å². The Morgan fingerprint density at radius 3 is 2.75 bits per heavy atom. The van der Waals surface area contributed by atoms with Gasteiger partial charge in [0.2, 0.25) is 0 Å². The minimum Gasteiger partial charge on any atom is -0.465 e. The number of rotatable bonds is 4. The van der Waals surface area contributed by atoms with Crippen LogP contribution in [0.4, 0.5) is 5.69 Å². The Balaban J connectivity index is 2.36. The van der Waals surface area contributed by atoms with E-state index in [0.717, 1.165) is 0 Å². The number of hydrogen-bond donors (Lipinski definition) is 2. The number of aromatic amines is 1. The molecule has 0 spiro atoms. The Labute approximate surface area is 116 Å². The Bertz CT molecular complexity index is 723. The highest BCUT2D eigenvalue weighted by Gasteiger charge is 2.17. The average molecular weight is 295 g/mol. The molecule has 0 unspecified atom stereocenters. The van der Waals surface area contributed by atoms with E-state index in [2.05, 4.69) is 19.4 Å². The van der Waals surface area contributed by atoms with E-state index >= 15 is 0 Å². The van der Waals surface area contributed by atoms with Gasteiger partial charge < -0.3 is 9.72 Å². The van der Waals surface area contributed by atoms with Crippen LogP contribution in [0.25, 0.3) is 0 Å². The van der Waals surface area contributed by atoms with Crippen LogP contribution in [0.3, 0.4) is 0 Å². The first kappa shape index (κ1) is 14.1. The van der Waals surface area contributed by atoms with Crippen LogP contribution in [-0.2, 0) is 14.8 Å². The van der Waals surface area contributed by atoms with Gasteiger partial charge in [0.25, 0.3) is 10.0 Å². The molecule has 0 aliphatic carbocycles. The largest absolute Gasteiger partial charge is 0.465 e. The van der Waals surface area contributed by atoms with Gasteiger partial charge in [-0.05, 0) is 24.6 Å². The normalized spacial score (nSPS) is 11.1. The Hall–Kier alpha value is -2.35. The van der Waals surface area contributed by atoms with E-state index in [1.54, 1.807) is 19.1 Å². The predicted molar refractivity (Wildman–Crippen MR) is 71.9 cm³/mol. The van der Waals surface area contributed by atoms with Gasteiger partial charge in [-0.25, -0.2) is 9.78 Å². The fraction of sp³-hybridized carbons (Fsp3) is 0.167. The van der Waals surface area contributed by atoms with Crippen molar-refractivity contribution in [1.82, 2.24) is 9.97 Å². The predicted octanol–water partition coefficient (Wildman–Crippen LogP) is 1.31. The number of anilines is 1. The van der Waals surface area contributed by atoms with Crippen molar-refractivity contribution in [2.45, 2.75) is 11.9 Å². The number of hydrogen-bond acceptors (Lipinski definition) is 5. The lowest BCUT2D eigenvalue weighted by Crippen LogP contribution is -2.15. The zero-order chi connectivity index (χ0) is 14.8. The first-order chi connectivity index (χ1) is 9.44. The summed E-state index contributed by atoms with van der Waals surface area (Å²) in [6.45, 7) is 1.73. The van der Waals surface area contributed by atoms with E-state index in [0.29, 0.717) is 11.3 Å². The second kappa shape index (κ2) is 5.33. The van der Waals surface area contributed by atoms with Gasteiger partial charge in [0.1, 0.15) is 0 Å². The summed E-state index contributed by atoms with van der Waals surface area (Å²) in [5, 5.41) is -0.0552. The minimum atomic E-state index is -3.76. The molecular weight excluding hydrogens is 282 g/mol. The van der Waals surface area contributed by atoms with Crippen LogP contribution in [0.15, 0.2) is 35.7 Å². The molecule has 1 heterocycles. The van der Waals surface area contributed by atoms with Crippen molar-refractivity contribution in [3.8, 4) is 0 Å². The van der Waals surface area contributed by atoms with Crippen molar-refractivity contribution in [2.24, 2.45) is 0 Å². The molecule has 1 aromatic heterocycles. The molecule has 0 saturated heterocycles. The van der Waals surface area contributed by atoms with Crippen molar-refractivity contribution in [2.75, 3.05) is 11.8 Å². The molecule has 0 bridgehead atoms. The molecule has 106 valence electrons. The first-order valence-corrected chi connectivity index (χ1v) is 7.12. The van der Waals surface area contributed by atoms with E-state index in [1.165, 1.54) is 25.7 Å². The summed E-state index contributed by atoms with van der Waals surface area (Å²) in [6, 6.07) is 4.63. The fourth-order valence-electron chi connectivity index (χ4n) is 1.57. The third-order valence-electron chi connectivity index (χ3n) is 2.67. The molecule has 7 nitrogen and oxygen atoms in total. The molecule has 8 heteroatoms. The molecule has 0 radical (unpaired) electrons. The number of carbonyl (C=O) groups is 1. The molecule has 2 aromatic rings. The van der Waals surface area contributed by atoms with Crippen LogP contribution in [0.2, 0.25) is 0 Å². The smallest absolute Gasteiger partial charge is 0.337 e. The number of benzene rings is 1. The number of nitrogens with one attached hydrogen (secondary N) is 2. The second-order valence-corrected chi connectivity index (χ2v) is 5.69. The lowest BCUT2D eigenvalue weighted by atomic mass is 10.1. The summed E-state index contributed by atoms with van der Waals surface area (Å²) in [5.41, 5.74) is 1.25. The maximum Gasteiger partial charge on any atom is 0.337 e. The van der Waals surface area contributed by atoms with Crippen molar-refractivity contribution in [3.05, 3.63) is 41.9 Å². The maximum atomic E-state index is 12.1. The second-order valence-electron chi connectivity index (χ2n) is 4.04. The van der Waals surface area contributed by atoms with E-state index in [1.807, 2.05) is 0 Å². The van der Waals surface area contributed by atoms with Gasteiger partial charge in [-0.2, -0.15) is 8.42 Å². The zero-order valence-electron chi connectivity index (χ0n) is 10.9. The van der Waals surface area contributed by atoms with Gasteiger partial charge in [0.15, 0.2) is 5.03 Å². The number of aryl methyl sites for hydroxylation is 1. The van der Waals surface area contributed by atoms with Crippen molar-refractivity contribution < 1.29 is 17.9 Å². The Kier molecular flexibility index (Phi) is 3.75. The molecule has 2 N–H and O–H groups in total. The van der Waals surface area contributed by atoms with Gasteiger partial charge in [-0.3, -0.25) is 4.72 Å². The number of ether oxygens (including phenoxy) is 1. The molecule has 0 aliphatic heterocycles. The molecule has 20 heavy (non-hydrogen) atoms. The van der Waals surface area contributed by atoms with E-state index in [9.17, 15) is 13.2 Å². The Morgan fingerprint density at radius 1 is 1.40 bits per heavy atom. The Morgan fingerprint density at radius 2 is 2.15 bits per heavy atom. The number of esters is 1. The van der Waals surface area contributed by atoms with Crippen LogP contribution in [0, 0.1) is 6.92 Å². The third kappa shape index (κ3) is 2.80. The number of aromatic nitrogens is 2. The van der Waals surface area contributed by atoms with Gasteiger partial charge in [-0.1, -0.05) is 6.07 Å². The summed E-state index contributed by atoms with van der Waals surface area (Å²) in [6.07, 6.45) is 2.47. The zero-order valence-corrected chi connectivity index (χ0v) is 11.7. The number of H-pyrrole nitrogens is 1. The average Bonchev–Trinajstić information content (AvgIpc) is 2.95. The van der Waals surface area contributed by atoms with Gasteiger partial charge >= 0.3 is 5.97 Å². The summed E-state index contributed by atoms with van der Waals surface area (Å²) < 4.78 is 31.1. The molecular formula is C12H13N3O4S. The summed E-state index contributed by atoms with van der Waals surface area (Å²) in [7, 11) is -2.50. The van der Waals surface area contributed by atoms with Crippen molar-refractivity contribution in [1.29, 1.82) is 0 Å². The first-order valence-electron chi connectivity index (χ1n) is 5.64. The molecule has 0 aliphatic rings. The van der Waals surface area contributed by atoms with E-state index in [4.69, 9.17) is 0 Å². The molecule has 0 fully saturated rings. The summed E-state index contributed by atoms with van der Waals surface area (Å²) in [5.74, 6) is -0.535. The van der Waals surface area contributed by atoms with Crippen LogP contribution in [0.1, 0.15) is 15.9 Å². The van der Waals surface area contributed by atoms with Crippen molar-refractivity contribution in [3.63, 3.8) is 0 Å². The molecule has 1 aromatic carbocycles. The fourth-order valence-corrected chi connectivity index (χ4v) is 2.59. The summed E-state index contributed by atoms with van der Waals surface area (Å²) in [4.78, 5) is 17.6. The highest BCUT2D eigenvalue weighted by Crippen LogP contribution is 2.20. The number of nitrogens with zero attached hydrogens (tertiary/aromatic N) is 1. The standard InChI is InChI=1S/C12H13N3O4S/c1-8-3-4-9(12(16)19-2)5-10(8)15-20(17,18)11-6-13-7-14-11/h3-7,15H,1-2H3,(H,13,14). The highest BCUT2D eigenvalue weighted by molar-refractivity contribution is 7.92. The van der Waals surface area contributed by atoms with Crippen LogP contribution in [0.5, 0.6) is 0 Å². The van der Waals surface area contributed by atoms with E-state index in [-0.39, 0.29) is 10.6 Å². The van der Waals surface area contributed by atoms with Gasteiger partial charge in [0, 0.05) is 0 Å². The van der Waals surface area contributed by atoms with Gasteiger partial charge in [0.05, 0.1) is 30.9 Å². The lowest BCUT2D eigenvalue weighted by molar-refractivity contribution is 0.0601. The summed E-state index contributed by atoms with van der Waals surface area (Å²) >= 11 is 0. The SMILES string of the molecule is COC(=O)c1ccc(C)c(NS(=O)(=O)c2cnc[nH]2)c1. The van der Waals surface area contributed by atoms with E-state index < -0.39 is 16.0 Å². The minimum absolute atomic E-state index is 0.0552. The highest BCUT2D eigenvalue weighted by atomic mass is 32.2. The number of sulfonamides is 1. The van der Waals surface area contributed by atoms with Crippen LogP contribution in [-0.4, -0.2) is 31.5 Å².